The Bertz CT molecular complexity index is 3600. The Hall–Kier alpha value is -6.99. The van der Waals surface area contributed by atoms with E-state index in [4.69, 9.17) is 10.2 Å². The Kier molecular flexibility index (Phi) is 14.6. The number of imidazole rings is 1. The molecule has 78 heavy (non-hydrogen) atoms. The van der Waals surface area contributed by atoms with Crippen molar-refractivity contribution in [2.75, 3.05) is 0 Å². The van der Waals surface area contributed by atoms with E-state index < -0.39 is 0 Å². The molecule has 0 atom stereocenters. The van der Waals surface area contributed by atoms with Crippen LogP contribution >= 0.6 is 0 Å². The monoisotopic (exact) mass is 1210 g/mol. The minimum atomic E-state index is -0.285. The zero-order valence-corrected chi connectivity index (χ0v) is 49.4. The molecular formula is C70H70FIrN6. The van der Waals surface area contributed by atoms with Crippen LogP contribution in [0.15, 0.2) is 158 Å². The summed E-state index contributed by atoms with van der Waals surface area (Å²) in [4.78, 5) is 4.52. The van der Waals surface area contributed by atoms with Gasteiger partial charge in [-0.25, -0.2) is 0 Å². The van der Waals surface area contributed by atoms with Gasteiger partial charge >= 0.3 is 20.1 Å². The van der Waals surface area contributed by atoms with Crippen LogP contribution in [0.1, 0.15) is 120 Å². The van der Waals surface area contributed by atoms with E-state index in [2.05, 4.69) is 205 Å². The molecule has 396 valence electrons. The molecule has 2 aliphatic rings. The molecule has 12 rings (SSSR count). The molecule has 6 nitrogen and oxygen atoms in total. The number of rotatable bonds is 11. The maximum Gasteiger partial charge on any atom is 3.00 e. The van der Waals surface area contributed by atoms with E-state index in [1.54, 1.807) is 6.07 Å². The molecule has 0 spiro atoms. The summed E-state index contributed by atoms with van der Waals surface area (Å²) in [6, 6.07) is 60.8. The zero-order valence-electron chi connectivity index (χ0n) is 47.0. The molecule has 10 aromatic rings. The Labute approximate surface area is 475 Å². The average Bonchev–Trinajstić information content (AvgIpc) is 4.28. The van der Waals surface area contributed by atoms with Crippen LogP contribution in [0.25, 0.3) is 56.0 Å². The summed E-state index contributed by atoms with van der Waals surface area (Å²) in [5.41, 5.74) is 21.3. The summed E-state index contributed by atoms with van der Waals surface area (Å²) in [7, 11) is 1.95. The summed E-state index contributed by atoms with van der Waals surface area (Å²) >= 11 is 0. The summed E-state index contributed by atoms with van der Waals surface area (Å²) < 4.78 is 19.2. The van der Waals surface area contributed by atoms with Crippen LogP contribution in [-0.4, -0.2) is 29.1 Å². The van der Waals surface area contributed by atoms with Crippen LogP contribution in [0, 0.1) is 29.9 Å². The number of fused-ring (bicyclic) bond motifs is 7. The first-order chi connectivity index (χ1) is 36.8. The molecule has 0 N–H and O–H groups in total. The Morgan fingerprint density at radius 3 is 1.44 bits per heavy atom. The molecule has 5 heterocycles. The second-order valence-electron chi connectivity index (χ2n) is 24.1. The molecule has 2 aliphatic heterocycles. The van der Waals surface area contributed by atoms with Gasteiger partial charge in [-0.1, -0.05) is 173 Å². The van der Waals surface area contributed by atoms with Crippen molar-refractivity contribution in [3.05, 3.63) is 232 Å². The fourth-order valence-corrected chi connectivity index (χ4v) is 12.0. The first-order valence-corrected chi connectivity index (χ1v) is 27.4. The second-order valence-corrected chi connectivity index (χ2v) is 24.1. The average molecular weight is 1210 g/mol. The van der Waals surface area contributed by atoms with Gasteiger partial charge in [-0.05, 0) is 87.3 Å². The maximum atomic E-state index is 12.8. The third-order valence-electron chi connectivity index (χ3n) is 17.7. The first kappa shape index (κ1) is 54.4. The van der Waals surface area contributed by atoms with Crippen molar-refractivity contribution >= 4 is 11.0 Å². The maximum absolute atomic E-state index is 12.8. The van der Waals surface area contributed by atoms with Gasteiger partial charge in [0, 0.05) is 34.8 Å². The minimum Gasteiger partial charge on any atom is -0.367 e. The number of aromatic nitrogens is 6. The summed E-state index contributed by atoms with van der Waals surface area (Å²) in [5.74, 6) is 1.11. The van der Waals surface area contributed by atoms with Gasteiger partial charge in [0.2, 0.25) is 0 Å². The summed E-state index contributed by atoms with van der Waals surface area (Å²) in [6.07, 6.45) is 9.10. The van der Waals surface area contributed by atoms with Gasteiger partial charge in [0.05, 0.1) is 40.6 Å². The fourth-order valence-electron chi connectivity index (χ4n) is 12.0. The standard InChI is InChI=1S/C56H60N4.C14H10FN2.Ir/c1-37(2)29-42-31-40(23-21-38-25-27-49-47(33-38)53(3,4)55(7,8)51-45(35-57-59(49)51)43-17-13-11-14-18-43)30-41(32-42)24-22-39-26-28-50-48(34-39)54(5,6)56(9,10)52-46(36-58-60(50)52)44-19-15-12-16-20-44;1-17-13-5-3-2-4-12(13)16-14(17)10-6-8-11(15)9-7-10;/h11-20,25-26,30-37H,21-24,29H2,1-10H3;2-6,8-9H,1H3;/q-2;-1;+3. The van der Waals surface area contributed by atoms with E-state index in [0.717, 1.165) is 65.9 Å². The van der Waals surface area contributed by atoms with Crippen molar-refractivity contribution < 1.29 is 24.5 Å². The van der Waals surface area contributed by atoms with Crippen molar-refractivity contribution in [2.24, 2.45) is 13.0 Å². The van der Waals surface area contributed by atoms with E-state index >= 15 is 0 Å². The molecule has 0 fully saturated rings. The first-order valence-electron chi connectivity index (χ1n) is 27.4. The predicted octanol–water partition coefficient (Wildman–Crippen LogP) is 16.1. The number of halogens is 1. The minimum absolute atomic E-state index is 0. The van der Waals surface area contributed by atoms with Crippen LogP contribution in [0.2, 0.25) is 0 Å². The van der Waals surface area contributed by atoms with E-state index in [9.17, 15) is 4.39 Å². The quantitative estimate of drug-likeness (QED) is 0.121. The normalized spacial score (nSPS) is 15.1. The van der Waals surface area contributed by atoms with Gasteiger partial charge in [-0.15, -0.1) is 41.0 Å². The van der Waals surface area contributed by atoms with Crippen molar-refractivity contribution in [2.45, 2.75) is 123 Å². The van der Waals surface area contributed by atoms with Crippen LogP contribution < -0.4 is 0 Å². The van der Waals surface area contributed by atoms with Crippen LogP contribution in [-0.2, 0) is 80.9 Å². The van der Waals surface area contributed by atoms with Gasteiger partial charge < -0.3 is 4.57 Å². The molecule has 3 aromatic heterocycles. The van der Waals surface area contributed by atoms with Crippen LogP contribution in [0.3, 0.4) is 0 Å². The molecule has 0 unspecified atom stereocenters. The van der Waals surface area contributed by atoms with Crippen molar-refractivity contribution in [1.29, 1.82) is 0 Å². The van der Waals surface area contributed by atoms with Crippen LogP contribution in [0.5, 0.6) is 0 Å². The number of hydrogen-bond acceptors (Lipinski definition) is 3. The molecule has 0 saturated carbocycles. The van der Waals surface area contributed by atoms with E-state index in [1.807, 2.05) is 48.3 Å². The fraction of sp³-hybridized carbons (Fsp3) is 0.300. The van der Waals surface area contributed by atoms with Gasteiger partial charge in [0.15, 0.2) is 0 Å². The summed E-state index contributed by atoms with van der Waals surface area (Å²) in [6.45, 7) is 23.8. The number of benzene rings is 7. The topological polar surface area (TPSA) is 53.5 Å². The van der Waals surface area contributed by atoms with Crippen molar-refractivity contribution in [3.8, 4) is 45.0 Å². The second kappa shape index (κ2) is 21.0. The van der Waals surface area contributed by atoms with Gasteiger partial charge in [-0.3, -0.25) is 18.7 Å². The SMILES string of the molecule is CC(C)Cc1cc(CCc2c[c-]c3c(c2)C(C)(C)C(C)(C)c2c(-c4ccccc4)cnn2-3)cc(CCc2c[c-]c3c(c2)C(C)(C)C(C)(C)c2c(-c4ccccc4)cnn2-3)c1.Cn1c(-c2[c-]cc(F)cc2)nc2ccccc21.[Ir+3]. The van der Waals surface area contributed by atoms with Gasteiger partial charge in [0.25, 0.3) is 0 Å². The largest absolute Gasteiger partial charge is 3.00 e. The van der Waals surface area contributed by atoms with Crippen molar-refractivity contribution in [3.63, 3.8) is 0 Å². The number of hydrogen-bond donors (Lipinski definition) is 0. The smallest absolute Gasteiger partial charge is 0.367 e. The molecule has 8 heteroatoms. The Balaban J connectivity index is 0.000000323. The van der Waals surface area contributed by atoms with Crippen molar-refractivity contribution in [1.82, 2.24) is 29.1 Å². The van der Waals surface area contributed by atoms with E-state index in [-0.39, 0.29) is 47.6 Å². The Morgan fingerprint density at radius 2 is 0.974 bits per heavy atom. The van der Waals surface area contributed by atoms with Crippen LogP contribution in [0.4, 0.5) is 4.39 Å². The molecule has 0 radical (unpaired) electrons. The summed E-state index contributed by atoms with van der Waals surface area (Å²) in [5, 5.41) is 9.95. The number of nitrogens with zero attached hydrogens (tertiary/aromatic N) is 6. The molecule has 0 saturated heterocycles. The third kappa shape index (κ3) is 9.64. The van der Waals surface area contributed by atoms with E-state index in [1.165, 1.54) is 84.7 Å². The molecule has 0 bridgehead atoms. The molecule has 0 aliphatic carbocycles. The number of para-hydroxylation sites is 2. The van der Waals surface area contributed by atoms with Gasteiger partial charge in [0.1, 0.15) is 0 Å². The molecular weight excluding hydrogens is 1140 g/mol. The molecule has 7 aromatic carbocycles. The van der Waals surface area contributed by atoms with E-state index in [0.29, 0.717) is 5.92 Å². The third-order valence-corrected chi connectivity index (χ3v) is 17.7. The predicted molar refractivity (Wildman–Crippen MR) is 313 cm³/mol. The Morgan fingerprint density at radius 1 is 0.513 bits per heavy atom. The molecule has 0 amide bonds. The number of aryl methyl sites for hydroxylation is 5. The van der Waals surface area contributed by atoms with Gasteiger partial charge in [-0.2, -0.15) is 57.7 Å². The zero-order chi connectivity index (χ0) is 54.0.